The fourth-order valence-corrected chi connectivity index (χ4v) is 1.95. The minimum Gasteiger partial charge on any atom is -0.337 e. The Morgan fingerprint density at radius 1 is 1.47 bits per heavy atom. The maximum Gasteiger partial charge on any atom is 0.274 e. The normalized spacial score (nSPS) is 19.7. The van der Waals surface area contributed by atoms with Crippen molar-refractivity contribution in [2.75, 3.05) is 6.54 Å². The lowest BCUT2D eigenvalue weighted by molar-refractivity contribution is -0.385. The van der Waals surface area contributed by atoms with E-state index in [4.69, 9.17) is 5.73 Å². The molecule has 0 saturated carbocycles. The lowest BCUT2D eigenvalue weighted by atomic mass is 10.1. The zero-order chi connectivity index (χ0) is 12.4. The van der Waals surface area contributed by atoms with Gasteiger partial charge < -0.3 is 10.6 Å². The fraction of sp³-hybridized carbons (Fsp3) is 0.364. The summed E-state index contributed by atoms with van der Waals surface area (Å²) in [7, 11) is 0. The highest BCUT2D eigenvalue weighted by atomic mass is 16.6. The molecule has 0 radical (unpaired) electrons. The quantitative estimate of drug-likeness (QED) is 0.615. The number of amides is 1. The molecular formula is C11H13N3O3. The summed E-state index contributed by atoms with van der Waals surface area (Å²) < 4.78 is 0. The van der Waals surface area contributed by atoms with Crippen LogP contribution >= 0.6 is 0 Å². The number of nitrogens with zero attached hydrogens (tertiary/aromatic N) is 2. The minimum atomic E-state index is -0.460. The van der Waals surface area contributed by atoms with E-state index in [0.29, 0.717) is 18.5 Å². The van der Waals surface area contributed by atoms with E-state index in [1.807, 2.05) is 0 Å². The first-order valence-electron chi connectivity index (χ1n) is 5.36. The second kappa shape index (κ2) is 4.50. The highest BCUT2D eigenvalue weighted by molar-refractivity contribution is 5.83. The van der Waals surface area contributed by atoms with Gasteiger partial charge in [0.25, 0.3) is 5.69 Å². The molecule has 17 heavy (non-hydrogen) atoms. The van der Waals surface area contributed by atoms with Gasteiger partial charge >= 0.3 is 0 Å². The lowest BCUT2D eigenvalue weighted by Gasteiger charge is -2.15. The van der Waals surface area contributed by atoms with Crippen molar-refractivity contribution in [3.8, 4) is 0 Å². The van der Waals surface area contributed by atoms with Crippen molar-refractivity contribution in [2.45, 2.75) is 19.0 Å². The van der Waals surface area contributed by atoms with Crippen LogP contribution < -0.4 is 5.73 Å². The highest BCUT2D eigenvalue weighted by Gasteiger charge is 2.29. The van der Waals surface area contributed by atoms with Gasteiger partial charge in [0.05, 0.1) is 17.5 Å². The molecule has 1 atom stereocenters. The number of carbonyl (C=O) groups is 1. The Morgan fingerprint density at radius 3 is 2.76 bits per heavy atom. The molecule has 1 amide bonds. The van der Waals surface area contributed by atoms with E-state index in [9.17, 15) is 14.9 Å². The van der Waals surface area contributed by atoms with E-state index in [0.717, 1.165) is 0 Å². The van der Waals surface area contributed by atoms with Crippen LogP contribution in [0.3, 0.4) is 0 Å². The summed E-state index contributed by atoms with van der Waals surface area (Å²) >= 11 is 0. The molecule has 1 aromatic carbocycles. The van der Waals surface area contributed by atoms with Gasteiger partial charge in [-0.2, -0.15) is 0 Å². The molecule has 1 heterocycles. The SMILES string of the molecule is NC1CCN(Cc2ccccc2[N+](=O)[O-])C1=O. The van der Waals surface area contributed by atoms with Crippen molar-refractivity contribution in [3.05, 3.63) is 39.9 Å². The molecule has 2 rings (SSSR count). The molecule has 1 aliphatic rings. The standard InChI is InChI=1S/C11H13N3O3/c12-9-5-6-13(11(9)15)7-8-3-1-2-4-10(8)14(16)17/h1-4,9H,5-7,12H2. The monoisotopic (exact) mass is 235 g/mol. The maximum atomic E-state index is 11.6. The van der Waals surface area contributed by atoms with Gasteiger partial charge in [0.2, 0.25) is 5.91 Å². The van der Waals surface area contributed by atoms with Crippen molar-refractivity contribution < 1.29 is 9.72 Å². The number of likely N-dealkylation sites (tertiary alicyclic amines) is 1. The van der Waals surface area contributed by atoms with Crippen molar-refractivity contribution in [1.82, 2.24) is 4.90 Å². The summed E-state index contributed by atoms with van der Waals surface area (Å²) in [4.78, 5) is 23.6. The predicted octanol–water partition coefficient (Wildman–Crippen LogP) is 0.654. The molecule has 1 saturated heterocycles. The number of para-hydroxylation sites is 1. The smallest absolute Gasteiger partial charge is 0.274 e. The molecule has 1 aromatic rings. The molecule has 2 N–H and O–H groups in total. The molecule has 0 aliphatic carbocycles. The summed E-state index contributed by atoms with van der Waals surface area (Å²) in [5.41, 5.74) is 6.18. The Morgan fingerprint density at radius 2 is 2.18 bits per heavy atom. The molecule has 0 bridgehead atoms. The van der Waals surface area contributed by atoms with Crippen molar-refractivity contribution >= 4 is 11.6 Å². The largest absolute Gasteiger partial charge is 0.337 e. The Balaban J connectivity index is 2.19. The fourth-order valence-electron chi connectivity index (χ4n) is 1.95. The lowest BCUT2D eigenvalue weighted by Crippen LogP contribution is -2.33. The van der Waals surface area contributed by atoms with Crippen LogP contribution in [0.2, 0.25) is 0 Å². The summed E-state index contributed by atoms with van der Waals surface area (Å²) in [5.74, 6) is -0.136. The minimum absolute atomic E-state index is 0.0424. The highest BCUT2D eigenvalue weighted by Crippen LogP contribution is 2.21. The summed E-state index contributed by atoms with van der Waals surface area (Å²) in [6.07, 6.45) is 0.611. The summed E-state index contributed by atoms with van der Waals surface area (Å²) in [6.45, 7) is 0.815. The van der Waals surface area contributed by atoms with Gasteiger partial charge in [0.15, 0.2) is 0 Å². The van der Waals surface area contributed by atoms with Gasteiger partial charge in [-0.15, -0.1) is 0 Å². The van der Waals surface area contributed by atoms with Crippen LogP contribution in [0.25, 0.3) is 0 Å². The van der Waals surface area contributed by atoms with Gasteiger partial charge in [-0.1, -0.05) is 18.2 Å². The zero-order valence-corrected chi connectivity index (χ0v) is 9.20. The van der Waals surface area contributed by atoms with E-state index in [1.165, 1.54) is 6.07 Å². The number of carbonyl (C=O) groups excluding carboxylic acids is 1. The third-order valence-corrected chi connectivity index (χ3v) is 2.89. The van der Waals surface area contributed by atoms with Crippen LogP contribution in [0.4, 0.5) is 5.69 Å². The van der Waals surface area contributed by atoms with Crippen LogP contribution in [0.15, 0.2) is 24.3 Å². The van der Waals surface area contributed by atoms with Gasteiger partial charge in [-0.05, 0) is 6.42 Å². The van der Waals surface area contributed by atoms with Gasteiger partial charge in [0.1, 0.15) is 0 Å². The molecule has 6 nitrogen and oxygen atoms in total. The molecule has 90 valence electrons. The van der Waals surface area contributed by atoms with E-state index < -0.39 is 11.0 Å². The zero-order valence-electron chi connectivity index (χ0n) is 9.20. The molecule has 0 aromatic heterocycles. The molecule has 1 fully saturated rings. The number of nitrogens with two attached hydrogens (primary N) is 1. The van der Waals surface area contributed by atoms with E-state index in [-0.39, 0.29) is 18.1 Å². The van der Waals surface area contributed by atoms with Crippen molar-refractivity contribution in [2.24, 2.45) is 5.73 Å². The molecule has 6 heteroatoms. The Kier molecular flexibility index (Phi) is 3.06. The number of hydrogen-bond donors (Lipinski definition) is 1. The number of nitro groups is 1. The second-order valence-corrected chi connectivity index (χ2v) is 4.04. The Labute approximate surface area is 98.2 Å². The number of benzene rings is 1. The summed E-state index contributed by atoms with van der Waals surface area (Å²) in [5, 5.41) is 10.8. The topological polar surface area (TPSA) is 89.5 Å². The van der Waals surface area contributed by atoms with Crippen LogP contribution in [0.5, 0.6) is 0 Å². The van der Waals surface area contributed by atoms with E-state index in [2.05, 4.69) is 0 Å². The number of hydrogen-bond acceptors (Lipinski definition) is 4. The maximum absolute atomic E-state index is 11.6. The third-order valence-electron chi connectivity index (χ3n) is 2.89. The Bertz CT molecular complexity index is 461. The van der Waals surface area contributed by atoms with Crippen molar-refractivity contribution in [1.29, 1.82) is 0 Å². The van der Waals surface area contributed by atoms with Gasteiger partial charge in [-0.3, -0.25) is 14.9 Å². The average Bonchev–Trinajstić information content (AvgIpc) is 2.61. The van der Waals surface area contributed by atoms with Gasteiger partial charge in [0, 0.05) is 18.2 Å². The molecular weight excluding hydrogens is 222 g/mol. The van der Waals surface area contributed by atoms with E-state index in [1.54, 1.807) is 23.1 Å². The number of rotatable bonds is 3. The van der Waals surface area contributed by atoms with E-state index >= 15 is 0 Å². The average molecular weight is 235 g/mol. The second-order valence-electron chi connectivity index (χ2n) is 4.04. The molecule has 1 aliphatic heterocycles. The first-order valence-corrected chi connectivity index (χ1v) is 5.36. The van der Waals surface area contributed by atoms with Gasteiger partial charge in [-0.25, -0.2) is 0 Å². The molecule has 1 unspecified atom stereocenters. The van der Waals surface area contributed by atoms with Crippen LogP contribution in [0.1, 0.15) is 12.0 Å². The summed E-state index contributed by atoms with van der Waals surface area (Å²) in [6, 6.07) is 5.98. The Hall–Kier alpha value is -1.95. The van der Waals surface area contributed by atoms with Crippen LogP contribution in [-0.4, -0.2) is 28.3 Å². The van der Waals surface area contributed by atoms with Crippen LogP contribution in [-0.2, 0) is 11.3 Å². The third kappa shape index (κ3) is 2.26. The van der Waals surface area contributed by atoms with Crippen LogP contribution in [0, 0.1) is 10.1 Å². The molecule has 0 spiro atoms. The first-order chi connectivity index (χ1) is 8.09. The number of nitro benzene ring substituents is 1. The van der Waals surface area contributed by atoms with Crippen molar-refractivity contribution in [3.63, 3.8) is 0 Å². The predicted molar refractivity (Wildman–Crippen MR) is 61.1 cm³/mol. The first kappa shape index (κ1) is 11.5.